The molecule has 1 aromatic carbocycles. The molecule has 16 nitrogen and oxygen atoms in total. The van der Waals surface area contributed by atoms with E-state index in [1.807, 2.05) is 6.07 Å². The van der Waals surface area contributed by atoms with E-state index in [1.54, 1.807) is 35.7 Å². The quantitative estimate of drug-likeness (QED) is 0.0349. The highest BCUT2D eigenvalue weighted by molar-refractivity contribution is 7.47. The van der Waals surface area contributed by atoms with E-state index in [-0.39, 0.29) is 19.8 Å². The van der Waals surface area contributed by atoms with Gasteiger partial charge in [-0.05, 0) is 43.2 Å². The number of anilines is 1. The number of nitrogen functional groups attached to an aromatic ring is 1. The van der Waals surface area contributed by atoms with Crippen LogP contribution < -0.4 is 5.73 Å². The van der Waals surface area contributed by atoms with Crippen molar-refractivity contribution in [1.29, 1.82) is 5.26 Å². The van der Waals surface area contributed by atoms with Crippen LogP contribution >= 0.6 is 7.82 Å². The number of ether oxygens (including phenoxy) is 3. The molecule has 1 saturated heterocycles. The number of fused-ring (bicyclic) bond motifs is 2. The largest absolute Gasteiger partial charge is 0.472 e. The van der Waals surface area contributed by atoms with Crippen molar-refractivity contribution in [3.05, 3.63) is 66.1 Å². The van der Waals surface area contributed by atoms with Gasteiger partial charge in [0.05, 0.1) is 42.9 Å². The highest BCUT2D eigenvalue weighted by atomic mass is 31.2. The summed E-state index contributed by atoms with van der Waals surface area (Å²) in [5.41, 5.74) is 7.79. The second-order valence-corrected chi connectivity index (χ2v) is 17.8. The van der Waals surface area contributed by atoms with Crippen LogP contribution in [0.4, 0.5) is 5.82 Å². The third-order valence-electron chi connectivity index (χ3n) is 11.8. The van der Waals surface area contributed by atoms with Crippen LogP contribution in [0.3, 0.4) is 0 Å². The van der Waals surface area contributed by atoms with Crippen LogP contribution in [0.2, 0.25) is 0 Å². The Morgan fingerprint density at radius 3 is 2.25 bits per heavy atom. The number of benzene rings is 1. The Morgan fingerprint density at radius 1 is 0.950 bits per heavy atom. The zero-order valence-corrected chi connectivity index (χ0v) is 36.0. The van der Waals surface area contributed by atoms with Crippen molar-refractivity contribution in [2.45, 2.75) is 153 Å². The Morgan fingerprint density at radius 2 is 1.63 bits per heavy atom. The Balaban J connectivity index is 0.933. The van der Waals surface area contributed by atoms with Gasteiger partial charge < -0.3 is 29.9 Å². The first-order valence-corrected chi connectivity index (χ1v) is 23.3. The number of nitriles is 1. The number of nitrogens with zero attached hydrogens (tertiary/aromatic N) is 7. The molecule has 6 rings (SSSR count). The molecule has 60 heavy (non-hydrogen) atoms. The lowest BCUT2D eigenvalue weighted by Crippen LogP contribution is -2.27. The standard InChI is InChI=1S/C43H63N8O8P/c1-3-4-5-6-7-8-9-10-11-12-13-14-15-16-17-18-23-55-27-34(56-26-32-19-20-35(33(24-32)25-44)50-31-46-29-48-50)28-57-60(53,54)59-41-38-39(52)40(58-43(38,41)2)36-21-22-37-42(45)47-30-49-51(36)37/h19-22,24,29-31,34,38-41,52H,3-18,23,26-28H2,1-2H3,(H,53,54)(H2,45,47,49)/t34-,38?,39-,40+,41?,43+/m1/s1. The molecular weight excluding hydrogens is 787 g/mol. The zero-order chi connectivity index (χ0) is 42.4. The average Bonchev–Trinajstić information content (AvgIpc) is 3.75. The van der Waals surface area contributed by atoms with Gasteiger partial charge in [-0.15, -0.1) is 0 Å². The highest BCUT2D eigenvalue weighted by Gasteiger charge is 2.75. The van der Waals surface area contributed by atoms with Crippen LogP contribution in [0.25, 0.3) is 11.2 Å². The number of aliphatic hydroxyl groups is 1. The van der Waals surface area contributed by atoms with Crippen molar-refractivity contribution in [2.75, 3.05) is 25.6 Å². The molecule has 0 spiro atoms. The lowest BCUT2D eigenvalue weighted by molar-refractivity contribution is -0.0710. The zero-order valence-electron chi connectivity index (χ0n) is 35.1. The minimum atomic E-state index is -4.64. The number of unbranched alkanes of at least 4 members (excludes halogenated alkanes) is 15. The van der Waals surface area contributed by atoms with E-state index in [2.05, 4.69) is 33.2 Å². The Labute approximate surface area is 353 Å². The SMILES string of the molecule is CCCCCCCCCCCCCCCCCCOC[C@H](COP(=O)(O)OC1C2[C@@H](O)[C@H](c3ccc4c(N)ncnn34)O[C@]12C)OCc1ccc(-n2cncn2)c(C#N)c1. The molecule has 4 N–H and O–H groups in total. The number of nitrogens with two attached hydrogens (primary N) is 1. The number of phosphoric acid groups is 1. The van der Waals surface area contributed by atoms with E-state index in [9.17, 15) is 19.8 Å². The van der Waals surface area contributed by atoms with Gasteiger partial charge in [0, 0.05) is 12.5 Å². The maximum Gasteiger partial charge on any atom is 0.472 e. The van der Waals surface area contributed by atoms with Crippen molar-refractivity contribution in [3.63, 3.8) is 0 Å². The molecule has 1 aliphatic heterocycles. The predicted octanol–water partition coefficient (Wildman–Crippen LogP) is 7.95. The van der Waals surface area contributed by atoms with Gasteiger partial charge in [0.1, 0.15) is 54.5 Å². The molecule has 2 fully saturated rings. The van der Waals surface area contributed by atoms with Crippen LogP contribution in [0.1, 0.15) is 140 Å². The van der Waals surface area contributed by atoms with Gasteiger partial charge in [-0.1, -0.05) is 109 Å². The van der Waals surface area contributed by atoms with Crippen molar-refractivity contribution in [1.82, 2.24) is 29.4 Å². The summed E-state index contributed by atoms with van der Waals surface area (Å²) in [7, 11) is -4.64. The molecule has 0 bridgehead atoms. The van der Waals surface area contributed by atoms with Gasteiger partial charge in [0.2, 0.25) is 0 Å². The maximum atomic E-state index is 13.3. The number of rotatable bonds is 29. The molecule has 1 saturated carbocycles. The molecule has 2 aliphatic rings. The van der Waals surface area contributed by atoms with E-state index in [1.165, 1.54) is 107 Å². The van der Waals surface area contributed by atoms with Crippen LogP contribution in [-0.2, 0) is 34.4 Å². The topological polar surface area (TPSA) is 214 Å². The van der Waals surface area contributed by atoms with Crippen LogP contribution in [-0.4, -0.2) is 83.1 Å². The number of aromatic nitrogens is 6. The Kier molecular flexibility index (Phi) is 17.0. The van der Waals surface area contributed by atoms with Gasteiger partial charge >= 0.3 is 7.82 Å². The average molecular weight is 851 g/mol. The molecule has 3 unspecified atom stereocenters. The fraction of sp³-hybridized carbons (Fsp3) is 0.651. The summed E-state index contributed by atoms with van der Waals surface area (Å²) >= 11 is 0. The number of phosphoric ester groups is 1. The minimum absolute atomic E-state index is 0.0918. The van der Waals surface area contributed by atoms with Crippen LogP contribution in [0.5, 0.6) is 0 Å². The lowest BCUT2D eigenvalue weighted by Gasteiger charge is -2.24. The molecule has 3 aromatic heterocycles. The van der Waals surface area contributed by atoms with Gasteiger partial charge in [-0.3, -0.25) is 9.05 Å². The molecule has 0 radical (unpaired) electrons. The van der Waals surface area contributed by atoms with Crippen LogP contribution in [0.15, 0.2) is 49.3 Å². The van der Waals surface area contributed by atoms with Crippen molar-refractivity contribution in [3.8, 4) is 11.8 Å². The number of hydrogen-bond donors (Lipinski definition) is 3. The van der Waals surface area contributed by atoms with Crippen LogP contribution in [0, 0.1) is 17.2 Å². The third-order valence-corrected chi connectivity index (χ3v) is 12.7. The van der Waals surface area contributed by atoms with E-state index in [4.69, 9.17) is 29.0 Å². The fourth-order valence-electron chi connectivity index (χ4n) is 8.24. The molecule has 1 aliphatic carbocycles. The second kappa shape index (κ2) is 22.4. The van der Waals surface area contributed by atoms with E-state index < -0.39 is 43.8 Å². The molecule has 328 valence electrons. The molecule has 0 amide bonds. The summed E-state index contributed by atoms with van der Waals surface area (Å²) in [5.74, 6) is -0.290. The molecule has 7 atom stereocenters. The maximum absolute atomic E-state index is 13.3. The number of aliphatic hydroxyl groups excluding tert-OH is 1. The molecular formula is C43H63N8O8P. The van der Waals surface area contributed by atoms with Gasteiger partial charge in [0.25, 0.3) is 0 Å². The molecule has 17 heteroatoms. The first kappa shape index (κ1) is 45.7. The van der Waals surface area contributed by atoms with E-state index >= 15 is 0 Å². The highest BCUT2D eigenvalue weighted by Crippen LogP contribution is 2.65. The van der Waals surface area contributed by atoms with E-state index in [0.717, 1.165) is 19.3 Å². The number of hydrogen-bond acceptors (Lipinski definition) is 13. The summed E-state index contributed by atoms with van der Waals surface area (Å²) < 4.78 is 45.9. The summed E-state index contributed by atoms with van der Waals surface area (Å²) in [5, 5.41) is 29.4. The lowest BCUT2D eigenvalue weighted by atomic mass is 10.0. The summed E-state index contributed by atoms with van der Waals surface area (Å²) in [6.07, 6.45) is 21.4. The van der Waals surface area contributed by atoms with Gasteiger partial charge in [0.15, 0.2) is 5.82 Å². The summed E-state index contributed by atoms with van der Waals surface area (Å²) in [6, 6.07) is 11.0. The Bertz CT molecular complexity index is 2010. The molecule has 4 aromatic rings. The fourth-order valence-corrected chi connectivity index (χ4v) is 9.29. The monoisotopic (exact) mass is 850 g/mol. The molecule has 4 heterocycles. The Hall–Kier alpha value is -3.78. The smallest absolute Gasteiger partial charge is 0.389 e. The normalized spacial score (nSPS) is 22.4. The van der Waals surface area contributed by atoms with Gasteiger partial charge in [-0.2, -0.15) is 15.5 Å². The van der Waals surface area contributed by atoms with Crippen molar-refractivity contribution in [2.24, 2.45) is 5.92 Å². The van der Waals surface area contributed by atoms with Crippen molar-refractivity contribution < 1.29 is 37.8 Å². The minimum Gasteiger partial charge on any atom is -0.389 e. The second-order valence-electron chi connectivity index (χ2n) is 16.3. The van der Waals surface area contributed by atoms with Crippen molar-refractivity contribution >= 4 is 19.2 Å². The van der Waals surface area contributed by atoms with E-state index in [0.29, 0.717) is 40.4 Å². The first-order valence-electron chi connectivity index (χ1n) is 21.8. The van der Waals surface area contributed by atoms with Gasteiger partial charge in [-0.25, -0.2) is 23.7 Å². The first-order chi connectivity index (χ1) is 29.1. The third kappa shape index (κ3) is 12.2. The summed E-state index contributed by atoms with van der Waals surface area (Å²) in [6.45, 7) is 4.42. The predicted molar refractivity (Wildman–Crippen MR) is 225 cm³/mol. The summed E-state index contributed by atoms with van der Waals surface area (Å²) in [4.78, 5) is 18.8.